The van der Waals surface area contributed by atoms with Crippen molar-refractivity contribution >= 4 is 5.91 Å². The van der Waals surface area contributed by atoms with Gasteiger partial charge in [-0.3, -0.25) is 4.79 Å². The zero-order valence-electron chi connectivity index (χ0n) is 10.1. The number of hydrogen-bond acceptors (Lipinski definition) is 4. The Morgan fingerprint density at radius 3 is 2.94 bits per heavy atom. The van der Waals surface area contributed by atoms with Gasteiger partial charge in [0.05, 0.1) is 5.41 Å². The molecule has 3 N–H and O–H groups in total. The molecule has 3 rings (SSSR count). The minimum atomic E-state index is -0.310. The summed E-state index contributed by atoms with van der Waals surface area (Å²) >= 11 is 0. The highest BCUT2D eigenvalue weighted by atomic mass is 16.7. The van der Waals surface area contributed by atoms with Crippen molar-refractivity contribution in [3.63, 3.8) is 0 Å². The number of para-hydroxylation sites is 1. The van der Waals surface area contributed by atoms with E-state index in [1.54, 1.807) is 0 Å². The van der Waals surface area contributed by atoms with Crippen LogP contribution in [0.1, 0.15) is 18.4 Å². The van der Waals surface area contributed by atoms with Crippen molar-refractivity contribution in [2.75, 3.05) is 13.3 Å². The number of nitrogens with two attached hydrogens (primary N) is 1. The lowest BCUT2D eigenvalue weighted by molar-refractivity contribution is -0.126. The molecule has 1 heterocycles. The van der Waals surface area contributed by atoms with Gasteiger partial charge >= 0.3 is 0 Å². The van der Waals surface area contributed by atoms with E-state index in [2.05, 4.69) is 5.32 Å². The second-order valence-electron chi connectivity index (χ2n) is 4.82. The molecule has 0 bridgehead atoms. The summed E-state index contributed by atoms with van der Waals surface area (Å²) < 4.78 is 10.7. The van der Waals surface area contributed by atoms with Gasteiger partial charge in [0.15, 0.2) is 11.5 Å². The molecule has 5 nitrogen and oxygen atoms in total. The predicted molar refractivity (Wildman–Crippen MR) is 65.1 cm³/mol. The van der Waals surface area contributed by atoms with Gasteiger partial charge in [0.2, 0.25) is 12.7 Å². The Labute approximate surface area is 105 Å². The molecule has 0 radical (unpaired) electrons. The molecule has 96 valence electrons. The smallest absolute Gasteiger partial charge is 0.231 e. The molecule has 0 atom stereocenters. The van der Waals surface area contributed by atoms with Crippen LogP contribution in [-0.4, -0.2) is 19.2 Å². The van der Waals surface area contributed by atoms with Crippen LogP contribution in [0.25, 0.3) is 0 Å². The molecule has 1 amide bonds. The number of hydrogen-bond donors (Lipinski definition) is 2. The van der Waals surface area contributed by atoms with Crippen LogP contribution in [0, 0.1) is 5.41 Å². The Balaban J connectivity index is 1.67. The first kappa shape index (κ1) is 11.3. The predicted octanol–water partition coefficient (Wildman–Crippen LogP) is 0.770. The Hall–Kier alpha value is -1.75. The van der Waals surface area contributed by atoms with Gasteiger partial charge in [-0.2, -0.15) is 0 Å². The molecule has 1 fully saturated rings. The fourth-order valence-electron chi connectivity index (χ4n) is 2.17. The van der Waals surface area contributed by atoms with E-state index in [9.17, 15) is 4.79 Å². The van der Waals surface area contributed by atoms with E-state index in [0.29, 0.717) is 13.1 Å². The SMILES string of the molecule is NCC1(C(=O)NCc2cccc3c2OCO3)CC1. The fraction of sp³-hybridized carbons (Fsp3) is 0.462. The van der Waals surface area contributed by atoms with Crippen molar-refractivity contribution in [3.05, 3.63) is 23.8 Å². The zero-order valence-corrected chi connectivity index (χ0v) is 10.1. The maximum Gasteiger partial charge on any atom is 0.231 e. The summed E-state index contributed by atoms with van der Waals surface area (Å²) in [4.78, 5) is 12.0. The number of carbonyl (C=O) groups is 1. The molecule has 5 heteroatoms. The van der Waals surface area contributed by atoms with E-state index in [1.807, 2.05) is 18.2 Å². The monoisotopic (exact) mass is 248 g/mol. The van der Waals surface area contributed by atoms with Gasteiger partial charge in [-0.05, 0) is 18.9 Å². The highest BCUT2D eigenvalue weighted by Gasteiger charge is 2.48. The van der Waals surface area contributed by atoms with Crippen LogP contribution in [0.15, 0.2) is 18.2 Å². The van der Waals surface area contributed by atoms with Crippen LogP contribution >= 0.6 is 0 Å². The normalized spacial score (nSPS) is 18.5. The van der Waals surface area contributed by atoms with Gasteiger partial charge in [-0.15, -0.1) is 0 Å². The summed E-state index contributed by atoms with van der Waals surface area (Å²) in [6.45, 7) is 1.12. The first-order valence-electron chi connectivity index (χ1n) is 6.11. The number of rotatable bonds is 4. The lowest BCUT2D eigenvalue weighted by Gasteiger charge is -2.13. The minimum Gasteiger partial charge on any atom is -0.454 e. The third kappa shape index (κ3) is 1.80. The quantitative estimate of drug-likeness (QED) is 0.825. The van der Waals surface area contributed by atoms with Gasteiger partial charge in [-0.25, -0.2) is 0 Å². The Morgan fingerprint density at radius 1 is 1.39 bits per heavy atom. The van der Waals surface area contributed by atoms with Crippen LogP contribution in [0.5, 0.6) is 11.5 Å². The van der Waals surface area contributed by atoms with E-state index in [0.717, 1.165) is 29.9 Å². The number of benzene rings is 1. The van der Waals surface area contributed by atoms with Gasteiger partial charge < -0.3 is 20.5 Å². The first-order valence-corrected chi connectivity index (χ1v) is 6.11. The van der Waals surface area contributed by atoms with Crippen molar-refractivity contribution in [2.24, 2.45) is 11.1 Å². The molecule has 0 saturated heterocycles. The van der Waals surface area contributed by atoms with E-state index in [-0.39, 0.29) is 18.1 Å². The molecular formula is C13H16N2O3. The van der Waals surface area contributed by atoms with Crippen molar-refractivity contribution in [1.29, 1.82) is 0 Å². The number of nitrogens with one attached hydrogen (secondary N) is 1. The summed E-state index contributed by atoms with van der Waals surface area (Å²) in [5.74, 6) is 1.51. The molecule has 18 heavy (non-hydrogen) atoms. The maximum atomic E-state index is 12.0. The number of fused-ring (bicyclic) bond motifs is 1. The second-order valence-corrected chi connectivity index (χ2v) is 4.82. The lowest BCUT2D eigenvalue weighted by Crippen LogP contribution is -2.36. The summed E-state index contributed by atoms with van der Waals surface area (Å²) in [5, 5.41) is 2.93. The molecule has 0 aromatic heterocycles. The number of amides is 1. The minimum absolute atomic E-state index is 0.0431. The van der Waals surface area contributed by atoms with Gasteiger partial charge in [0.25, 0.3) is 0 Å². The highest BCUT2D eigenvalue weighted by molar-refractivity contribution is 5.85. The molecule has 1 aliphatic carbocycles. The third-order valence-electron chi connectivity index (χ3n) is 3.64. The van der Waals surface area contributed by atoms with Crippen molar-refractivity contribution in [3.8, 4) is 11.5 Å². The largest absolute Gasteiger partial charge is 0.454 e. The maximum absolute atomic E-state index is 12.0. The van der Waals surface area contributed by atoms with Crippen molar-refractivity contribution in [2.45, 2.75) is 19.4 Å². The van der Waals surface area contributed by atoms with Crippen molar-refractivity contribution in [1.82, 2.24) is 5.32 Å². The summed E-state index contributed by atoms with van der Waals surface area (Å²) in [5.41, 5.74) is 6.25. The fourth-order valence-corrected chi connectivity index (χ4v) is 2.17. The highest BCUT2D eigenvalue weighted by Crippen LogP contribution is 2.44. The van der Waals surface area contributed by atoms with Crippen LogP contribution in [0.4, 0.5) is 0 Å². The average molecular weight is 248 g/mol. The zero-order chi connectivity index (χ0) is 12.6. The van der Waals surface area contributed by atoms with Crippen LogP contribution < -0.4 is 20.5 Å². The molecule has 2 aliphatic rings. The molecule has 1 aromatic rings. The molecule has 1 saturated carbocycles. The molecule has 0 spiro atoms. The summed E-state index contributed by atoms with van der Waals surface area (Å²) in [7, 11) is 0. The van der Waals surface area contributed by atoms with E-state index in [1.165, 1.54) is 0 Å². The topological polar surface area (TPSA) is 73.6 Å². The van der Waals surface area contributed by atoms with Crippen LogP contribution in [-0.2, 0) is 11.3 Å². The number of ether oxygens (including phenoxy) is 2. The van der Waals surface area contributed by atoms with Gasteiger partial charge in [0.1, 0.15) is 0 Å². The summed E-state index contributed by atoms with van der Waals surface area (Å²) in [6, 6.07) is 5.68. The summed E-state index contributed by atoms with van der Waals surface area (Å²) in [6.07, 6.45) is 1.78. The Morgan fingerprint density at radius 2 is 2.22 bits per heavy atom. The van der Waals surface area contributed by atoms with Gasteiger partial charge in [0, 0.05) is 18.7 Å². The molecule has 1 aromatic carbocycles. The lowest BCUT2D eigenvalue weighted by atomic mass is 10.1. The van der Waals surface area contributed by atoms with Crippen LogP contribution in [0.2, 0.25) is 0 Å². The van der Waals surface area contributed by atoms with E-state index >= 15 is 0 Å². The standard InChI is InChI=1S/C13H16N2O3/c14-7-13(4-5-13)12(16)15-6-9-2-1-3-10-11(9)18-8-17-10/h1-3H,4-8,14H2,(H,15,16). The van der Waals surface area contributed by atoms with Crippen molar-refractivity contribution < 1.29 is 14.3 Å². The van der Waals surface area contributed by atoms with Crippen LogP contribution in [0.3, 0.4) is 0 Å². The Bertz CT molecular complexity index is 483. The molecular weight excluding hydrogens is 232 g/mol. The first-order chi connectivity index (χ1) is 8.75. The Kier molecular flexibility index (Phi) is 2.63. The van der Waals surface area contributed by atoms with E-state index in [4.69, 9.17) is 15.2 Å². The average Bonchev–Trinajstić information content (AvgIpc) is 3.06. The second kappa shape index (κ2) is 4.17. The molecule has 1 aliphatic heterocycles. The van der Waals surface area contributed by atoms with E-state index < -0.39 is 0 Å². The van der Waals surface area contributed by atoms with Gasteiger partial charge in [-0.1, -0.05) is 12.1 Å². The molecule has 0 unspecified atom stereocenters. The number of carbonyl (C=O) groups excluding carboxylic acids is 1. The third-order valence-corrected chi connectivity index (χ3v) is 3.64.